The molecule has 1 N–H and O–H groups in total. The molecule has 1 rings (SSSR count). The van der Waals surface area contributed by atoms with Gasteiger partial charge < -0.3 is 5.32 Å². The van der Waals surface area contributed by atoms with Crippen LogP contribution in [-0.4, -0.2) is 12.5 Å². The number of nitrogens with one attached hydrogen (secondary N) is 1. The number of hydrogen-bond donors (Lipinski definition) is 1. The van der Waals surface area contributed by atoms with E-state index in [0.29, 0.717) is 0 Å². The van der Waals surface area contributed by atoms with Crippen molar-refractivity contribution >= 4 is 5.91 Å². The molecule has 1 saturated heterocycles. The summed E-state index contributed by atoms with van der Waals surface area (Å²) in [5.74, 6) is -0.0463. The Hall–Kier alpha value is -0.530. The van der Waals surface area contributed by atoms with E-state index < -0.39 is 0 Å². The summed E-state index contributed by atoms with van der Waals surface area (Å²) in [6.07, 6.45) is 3.35. The van der Waals surface area contributed by atoms with E-state index in [2.05, 4.69) is 11.7 Å². The first-order valence-corrected chi connectivity index (χ1v) is 1.91. The average Bonchev–Trinajstić information content (AvgIpc) is 1.86. The van der Waals surface area contributed by atoms with Crippen LogP contribution in [0.25, 0.3) is 0 Å². The Bertz CT molecular complexity index is 61.9. The van der Waals surface area contributed by atoms with Gasteiger partial charge in [-0.25, -0.2) is 0 Å². The minimum atomic E-state index is -0.0463. The molecule has 0 unspecified atom stereocenters. The summed E-state index contributed by atoms with van der Waals surface area (Å²) < 4.78 is 0. The Morgan fingerprint density at radius 2 is 2.67 bits per heavy atom. The first-order valence-electron chi connectivity index (χ1n) is 1.91. The van der Waals surface area contributed by atoms with Crippen LogP contribution >= 0.6 is 0 Å². The fraction of sp³-hybridized carbons (Fsp3) is 0.500. The highest BCUT2D eigenvalue weighted by Crippen LogP contribution is 1.91. The molecule has 1 aliphatic rings. The summed E-state index contributed by atoms with van der Waals surface area (Å²) in [4.78, 5) is 10.0. The van der Waals surface area contributed by atoms with Crippen molar-refractivity contribution in [3.05, 3.63) is 6.42 Å². The predicted molar refractivity (Wildman–Crippen MR) is 20.9 cm³/mol. The number of rotatable bonds is 0. The normalized spacial score (nSPS) is 21.0. The van der Waals surface area contributed by atoms with Crippen LogP contribution in [0.15, 0.2) is 0 Å². The summed E-state index contributed by atoms with van der Waals surface area (Å²) in [6.45, 7) is 0.777. The van der Waals surface area contributed by atoms with Gasteiger partial charge in [0.15, 0.2) is 0 Å². The van der Waals surface area contributed by atoms with E-state index in [1.807, 2.05) is 0 Å². The van der Waals surface area contributed by atoms with Gasteiger partial charge in [-0.15, -0.1) is 0 Å². The standard InChI is InChI=1S/C4H5NO/c6-4-2-1-3-5-4/h1,3H2,(H,5,6). The number of carbonyl (C=O) groups is 1. The molecule has 0 aromatic heterocycles. The van der Waals surface area contributed by atoms with Gasteiger partial charge in [0.25, 0.3) is 0 Å². The summed E-state index contributed by atoms with van der Waals surface area (Å²) in [7, 11) is 0. The SMILES string of the molecule is O=C1[C]CCN1. The van der Waals surface area contributed by atoms with Crippen molar-refractivity contribution in [3.63, 3.8) is 0 Å². The van der Waals surface area contributed by atoms with Gasteiger partial charge in [0, 0.05) is 6.54 Å². The molecule has 6 heavy (non-hydrogen) atoms. The lowest BCUT2D eigenvalue weighted by molar-refractivity contribution is -0.116. The van der Waals surface area contributed by atoms with E-state index in [1.165, 1.54) is 0 Å². The highest BCUT2D eigenvalue weighted by atomic mass is 16.1. The van der Waals surface area contributed by atoms with E-state index in [-0.39, 0.29) is 5.91 Å². The zero-order valence-corrected chi connectivity index (χ0v) is 3.32. The van der Waals surface area contributed by atoms with Gasteiger partial charge in [0.1, 0.15) is 0 Å². The van der Waals surface area contributed by atoms with Crippen LogP contribution in [0.3, 0.4) is 0 Å². The van der Waals surface area contributed by atoms with Gasteiger partial charge in [-0.3, -0.25) is 4.79 Å². The van der Waals surface area contributed by atoms with E-state index in [0.717, 1.165) is 13.0 Å². The fourth-order valence-electron chi connectivity index (χ4n) is 0.415. The molecule has 0 aromatic rings. The molecule has 0 spiro atoms. The largest absolute Gasteiger partial charge is 0.356 e. The van der Waals surface area contributed by atoms with Crippen LogP contribution in [0.2, 0.25) is 0 Å². The van der Waals surface area contributed by atoms with Crippen LogP contribution in [0.5, 0.6) is 0 Å². The van der Waals surface area contributed by atoms with E-state index >= 15 is 0 Å². The van der Waals surface area contributed by atoms with Crippen molar-refractivity contribution in [2.45, 2.75) is 6.42 Å². The van der Waals surface area contributed by atoms with Crippen LogP contribution in [0, 0.1) is 6.42 Å². The lowest BCUT2D eigenvalue weighted by atomic mass is 10.4. The maximum absolute atomic E-state index is 10.0. The zero-order chi connectivity index (χ0) is 4.41. The van der Waals surface area contributed by atoms with Gasteiger partial charge in [-0.1, -0.05) is 0 Å². The van der Waals surface area contributed by atoms with Crippen LogP contribution in [0.4, 0.5) is 0 Å². The van der Waals surface area contributed by atoms with Crippen molar-refractivity contribution < 1.29 is 4.79 Å². The molecule has 0 aromatic carbocycles. The van der Waals surface area contributed by atoms with Gasteiger partial charge in [0.2, 0.25) is 5.91 Å². The van der Waals surface area contributed by atoms with Crippen LogP contribution in [-0.2, 0) is 4.79 Å². The molecule has 0 saturated carbocycles. The lowest BCUT2D eigenvalue weighted by Gasteiger charge is -1.79. The minimum Gasteiger partial charge on any atom is -0.356 e. The maximum atomic E-state index is 10.0. The predicted octanol–water partition coefficient (Wildman–Crippen LogP) is -0.412. The Morgan fingerprint density at radius 1 is 1.83 bits per heavy atom. The van der Waals surface area contributed by atoms with Gasteiger partial charge in [-0.2, -0.15) is 0 Å². The van der Waals surface area contributed by atoms with Crippen molar-refractivity contribution in [3.8, 4) is 0 Å². The molecule has 0 aliphatic carbocycles. The number of hydrogen-bond acceptors (Lipinski definition) is 1. The Labute approximate surface area is 36.5 Å². The van der Waals surface area contributed by atoms with Crippen molar-refractivity contribution in [2.75, 3.05) is 6.54 Å². The molecule has 1 aliphatic heterocycles. The molecular formula is C4H5NO. The van der Waals surface area contributed by atoms with Crippen molar-refractivity contribution in [1.29, 1.82) is 0 Å². The average molecular weight is 83.1 g/mol. The summed E-state index contributed by atoms with van der Waals surface area (Å²) in [6, 6.07) is 0. The topological polar surface area (TPSA) is 29.1 Å². The van der Waals surface area contributed by atoms with E-state index in [9.17, 15) is 4.79 Å². The van der Waals surface area contributed by atoms with Gasteiger partial charge in [0.05, 0.1) is 6.42 Å². The quantitative estimate of drug-likeness (QED) is 0.423. The third-order valence-corrected chi connectivity index (χ3v) is 0.696. The third-order valence-electron chi connectivity index (χ3n) is 0.696. The first-order chi connectivity index (χ1) is 2.89. The van der Waals surface area contributed by atoms with E-state index in [4.69, 9.17) is 0 Å². The number of carbonyl (C=O) groups excluding carboxylic acids is 1. The molecule has 1 amide bonds. The monoisotopic (exact) mass is 83.0 g/mol. The molecule has 0 bridgehead atoms. The van der Waals surface area contributed by atoms with Gasteiger partial charge >= 0.3 is 0 Å². The smallest absolute Gasteiger partial charge is 0.228 e. The minimum absolute atomic E-state index is 0.0463. The molecule has 2 heteroatoms. The summed E-state index contributed by atoms with van der Waals surface area (Å²) >= 11 is 0. The summed E-state index contributed by atoms with van der Waals surface area (Å²) in [5.41, 5.74) is 0. The molecule has 0 atom stereocenters. The second-order valence-corrected chi connectivity index (χ2v) is 1.18. The number of amides is 1. The molecular weight excluding hydrogens is 78.0 g/mol. The molecule has 2 nitrogen and oxygen atoms in total. The molecule has 2 radical (unpaired) electrons. The second-order valence-electron chi connectivity index (χ2n) is 1.18. The molecule has 1 heterocycles. The first kappa shape index (κ1) is 3.65. The molecule has 1 fully saturated rings. The Kier molecular flexibility index (Phi) is 0.783. The maximum Gasteiger partial charge on any atom is 0.228 e. The Balaban J connectivity index is 2.37. The second kappa shape index (κ2) is 1.29. The van der Waals surface area contributed by atoms with Crippen molar-refractivity contribution in [1.82, 2.24) is 5.32 Å². The fourth-order valence-corrected chi connectivity index (χ4v) is 0.415. The van der Waals surface area contributed by atoms with Gasteiger partial charge in [-0.05, 0) is 6.42 Å². The Morgan fingerprint density at radius 3 is 2.83 bits per heavy atom. The van der Waals surface area contributed by atoms with E-state index in [1.54, 1.807) is 0 Å². The third kappa shape index (κ3) is 0.506. The van der Waals surface area contributed by atoms with Crippen molar-refractivity contribution in [2.24, 2.45) is 0 Å². The lowest BCUT2D eigenvalue weighted by Crippen LogP contribution is -2.12. The summed E-state index contributed by atoms with van der Waals surface area (Å²) in [5, 5.41) is 2.57. The zero-order valence-electron chi connectivity index (χ0n) is 3.32. The highest BCUT2D eigenvalue weighted by molar-refractivity contribution is 5.86. The van der Waals surface area contributed by atoms with Crippen LogP contribution < -0.4 is 5.32 Å². The van der Waals surface area contributed by atoms with Crippen LogP contribution in [0.1, 0.15) is 6.42 Å². The highest BCUT2D eigenvalue weighted by Gasteiger charge is 2.06. The molecule has 32 valence electrons.